The summed E-state index contributed by atoms with van der Waals surface area (Å²) in [6.07, 6.45) is 7.17. The van der Waals surface area contributed by atoms with Crippen molar-refractivity contribution in [3.63, 3.8) is 0 Å². The van der Waals surface area contributed by atoms with Crippen LogP contribution in [-0.4, -0.2) is 22.3 Å². The number of carbonyl (C=O) groups excluding carboxylic acids is 1. The molecule has 0 aliphatic heterocycles. The number of aromatic nitrogens is 1. The second-order valence-electron chi connectivity index (χ2n) is 4.63. The van der Waals surface area contributed by atoms with Crippen molar-refractivity contribution in [1.82, 2.24) is 10.3 Å². The summed E-state index contributed by atoms with van der Waals surface area (Å²) < 4.78 is 13.3. The van der Waals surface area contributed by atoms with Gasteiger partial charge >= 0.3 is 0 Å². The molecule has 1 aliphatic rings. The van der Waals surface area contributed by atoms with Gasteiger partial charge in [-0.15, -0.1) is 0 Å². The lowest BCUT2D eigenvalue weighted by molar-refractivity contribution is 0.0940. The minimum Gasteiger partial charge on any atom is -0.352 e. The molecule has 18 heavy (non-hydrogen) atoms. The maximum Gasteiger partial charge on any atom is 0.254 e. The SMILES string of the molecule is O=C(NCC1CCCCC1Br)c1ccncc1F. The van der Waals surface area contributed by atoms with E-state index in [-0.39, 0.29) is 11.5 Å². The lowest BCUT2D eigenvalue weighted by atomic mass is 9.89. The normalized spacial score (nSPS) is 23.7. The third-order valence-corrected chi connectivity index (χ3v) is 4.56. The number of amides is 1. The highest BCUT2D eigenvalue weighted by atomic mass is 79.9. The second-order valence-corrected chi connectivity index (χ2v) is 5.80. The van der Waals surface area contributed by atoms with Crippen molar-refractivity contribution in [2.75, 3.05) is 6.54 Å². The lowest BCUT2D eigenvalue weighted by Gasteiger charge is -2.27. The molecule has 0 bridgehead atoms. The van der Waals surface area contributed by atoms with Gasteiger partial charge < -0.3 is 5.32 Å². The third kappa shape index (κ3) is 3.28. The van der Waals surface area contributed by atoms with Crippen LogP contribution >= 0.6 is 15.9 Å². The van der Waals surface area contributed by atoms with Crippen LogP contribution in [0.4, 0.5) is 4.39 Å². The molecule has 0 saturated heterocycles. The molecule has 0 spiro atoms. The van der Waals surface area contributed by atoms with Crippen LogP contribution in [0.3, 0.4) is 0 Å². The zero-order valence-electron chi connectivity index (χ0n) is 10.0. The van der Waals surface area contributed by atoms with Crippen LogP contribution in [0.1, 0.15) is 36.0 Å². The number of pyridine rings is 1. The first kappa shape index (κ1) is 13.5. The predicted octanol–water partition coefficient (Wildman–Crippen LogP) is 2.90. The van der Waals surface area contributed by atoms with E-state index in [1.807, 2.05) is 0 Å². The van der Waals surface area contributed by atoms with E-state index in [0.717, 1.165) is 19.0 Å². The van der Waals surface area contributed by atoms with E-state index in [4.69, 9.17) is 0 Å². The number of halogens is 2. The summed E-state index contributed by atoms with van der Waals surface area (Å²) in [6.45, 7) is 0.594. The Morgan fingerprint density at radius 1 is 1.50 bits per heavy atom. The van der Waals surface area contributed by atoms with Crippen molar-refractivity contribution in [3.8, 4) is 0 Å². The van der Waals surface area contributed by atoms with Gasteiger partial charge in [-0.3, -0.25) is 9.78 Å². The smallest absolute Gasteiger partial charge is 0.254 e. The van der Waals surface area contributed by atoms with E-state index in [1.165, 1.54) is 25.1 Å². The fourth-order valence-electron chi connectivity index (χ4n) is 2.27. The molecule has 1 saturated carbocycles. The van der Waals surface area contributed by atoms with Crippen LogP contribution in [0, 0.1) is 11.7 Å². The maximum absolute atomic E-state index is 13.3. The lowest BCUT2D eigenvalue weighted by Crippen LogP contribution is -2.34. The van der Waals surface area contributed by atoms with Crippen molar-refractivity contribution < 1.29 is 9.18 Å². The molecule has 1 aromatic rings. The Labute approximate surface area is 114 Å². The number of nitrogens with one attached hydrogen (secondary N) is 1. The largest absolute Gasteiger partial charge is 0.352 e. The number of rotatable bonds is 3. The van der Waals surface area contributed by atoms with Crippen LogP contribution in [0.25, 0.3) is 0 Å². The van der Waals surface area contributed by atoms with Gasteiger partial charge in [0.15, 0.2) is 5.82 Å². The average molecular weight is 315 g/mol. The molecular weight excluding hydrogens is 299 g/mol. The number of alkyl halides is 1. The van der Waals surface area contributed by atoms with E-state index >= 15 is 0 Å². The van der Waals surface area contributed by atoms with Gasteiger partial charge in [0.1, 0.15) is 0 Å². The summed E-state index contributed by atoms with van der Waals surface area (Å²) >= 11 is 3.64. The van der Waals surface area contributed by atoms with Gasteiger partial charge in [0.2, 0.25) is 0 Å². The predicted molar refractivity (Wildman–Crippen MR) is 71.2 cm³/mol. The van der Waals surface area contributed by atoms with Gasteiger partial charge in [0, 0.05) is 17.6 Å². The first-order valence-corrected chi connectivity index (χ1v) is 7.12. The quantitative estimate of drug-likeness (QED) is 0.872. The minimum atomic E-state index is -0.575. The van der Waals surface area contributed by atoms with Gasteiger partial charge in [-0.2, -0.15) is 0 Å². The number of carbonyl (C=O) groups is 1. The zero-order valence-corrected chi connectivity index (χ0v) is 11.6. The molecule has 5 heteroatoms. The van der Waals surface area contributed by atoms with Crippen LogP contribution in [0.15, 0.2) is 18.5 Å². The molecule has 1 heterocycles. The molecule has 1 aliphatic carbocycles. The first-order chi connectivity index (χ1) is 8.68. The molecule has 1 fully saturated rings. The Morgan fingerprint density at radius 2 is 2.28 bits per heavy atom. The summed E-state index contributed by atoms with van der Waals surface area (Å²) in [5, 5.41) is 2.80. The van der Waals surface area contributed by atoms with Crippen LogP contribution in [0.2, 0.25) is 0 Å². The highest BCUT2D eigenvalue weighted by Crippen LogP contribution is 2.29. The Morgan fingerprint density at radius 3 is 3.00 bits per heavy atom. The summed E-state index contributed by atoms with van der Waals surface area (Å²) in [5.41, 5.74) is 0.0620. The molecule has 3 nitrogen and oxygen atoms in total. The van der Waals surface area contributed by atoms with Crippen molar-refractivity contribution in [1.29, 1.82) is 0 Å². The Balaban J connectivity index is 1.90. The fourth-order valence-corrected chi connectivity index (χ4v) is 3.05. The van der Waals surface area contributed by atoms with Gasteiger partial charge in [-0.1, -0.05) is 28.8 Å². The van der Waals surface area contributed by atoms with Crippen molar-refractivity contribution in [2.45, 2.75) is 30.5 Å². The van der Waals surface area contributed by atoms with Crippen LogP contribution < -0.4 is 5.32 Å². The number of hydrogen-bond acceptors (Lipinski definition) is 2. The standard InChI is InChI=1S/C13H16BrFN2O/c14-11-4-2-1-3-9(11)7-17-13(18)10-5-6-16-8-12(10)15/h5-6,8-9,11H,1-4,7H2,(H,17,18). The third-order valence-electron chi connectivity index (χ3n) is 3.36. The van der Waals surface area contributed by atoms with Crippen LogP contribution in [-0.2, 0) is 0 Å². The van der Waals surface area contributed by atoms with E-state index in [0.29, 0.717) is 17.3 Å². The van der Waals surface area contributed by atoms with Crippen LogP contribution in [0.5, 0.6) is 0 Å². The summed E-state index contributed by atoms with van der Waals surface area (Å²) in [4.78, 5) is 15.9. The van der Waals surface area contributed by atoms with Crippen molar-refractivity contribution >= 4 is 21.8 Å². The van der Waals surface area contributed by atoms with E-state index in [2.05, 4.69) is 26.2 Å². The van der Waals surface area contributed by atoms with Gasteiger partial charge in [0.25, 0.3) is 5.91 Å². The minimum absolute atomic E-state index is 0.0620. The highest BCUT2D eigenvalue weighted by Gasteiger charge is 2.23. The van der Waals surface area contributed by atoms with E-state index < -0.39 is 5.82 Å². The first-order valence-electron chi connectivity index (χ1n) is 6.20. The fraction of sp³-hybridized carbons (Fsp3) is 0.538. The molecule has 1 aromatic heterocycles. The van der Waals surface area contributed by atoms with E-state index in [9.17, 15) is 9.18 Å². The van der Waals surface area contributed by atoms with Crippen molar-refractivity contribution in [2.24, 2.45) is 5.92 Å². The monoisotopic (exact) mass is 314 g/mol. The molecule has 98 valence electrons. The van der Waals surface area contributed by atoms with Crippen molar-refractivity contribution in [3.05, 3.63) is 29.8 Å². The average Bonchev–Trinajstić information content (AvgIpc) is 2.38. The second kappa shape index (κ2) is 6.27. The van der Waals surface area contributed by atoms with Gasteiger partial charge in [0.05, 0.1) is 11.8 Å². The zero-order chi connectivity index (χ0) is 13.0. The number of hydrogen-bond donors (Lipinski definition) is 1. The van der Waals surface area contributed by atoms with Gasteiger partial charge in [-0.05, 0) is 24.8 Å². The summed E-state index contributed by atoms with van der Waals surface area (Å²) in [6, 6.07) is 1.40. The molecule has 1 N–H and O–H groups in total. The molecule has 2 atom stereocenters. The molecule has 0 radical (unpaired) electrons. The summed E-state index contributed by atoms with van der Waals surface area (Å²) in [7, 11) is 0. The van der Waals surface area contributed by atoms with E-state index in [1.54, 1.807) is 0 Å². The van der Waals surface area contributed by atoms with Gasteiger partial charge in [-0.25, -0.2) is 4.39 Å². The summed E-state index contributed by atoms with van der Waals surface area (Å²) in [5.74, 6) is -0.498. The molecule has 0 aromatic carbocycles. The highest BCUT2D eigenvalue weighted by molar-refractivity contribution is 9.09. The Kier molecular flexibility index (Phi) is 4.69. The topological polar surface area (TPSA) is 42.0 Å². The Hall–Kier alpha value is -0.970. The molecular formula is C13H16BrFN2O. The molecule has 2 rings (SSSR count). The molecule has 2 unspecified atom stereocenters. The Bertz CT molecular complexity index is 427. The maximum atomic E-state index is 13.3. The molecule has 1 amide bonds. The number of nitrogens with zero attached hydrogens (tertiary/aromatic N) is 1.